The Hall–Kier alpha value is -2.81. The summed E-state index contributed by atoms with van der Waals surface area (Å²) < 4.78 is 42.1. The molecule has 0 bridgehead atoms. The summed E-state index contributed by atoms with van der Waals surface area (Å²) in [5.74, 6) is -1.87. The van der Waals surface area contributed by atoms with Crippen molar-refractivity contribution in [1.82, 2.24) is 0 Å². The highest BCUT2D eigenvalue weighted by Gasteiger charge is 2.24. The Balaban J connectivity index is 2.40. The van der Waals surface area contributed by atoms with E-state index in [1.165, 1.54) is 19.1 Å². The zero-order chi connectivity index (χ0) is 17.2. The van der Waals surface area contributed by atoms with Gasteiger partial charge in [0, 0.05) is 17.7 Å². The molecular weight excluding hydrogens is 329 g/mol. The number of hydrogen-bond donors (Lipinski definition) is 0. The van der Waals surface area contributed by atoms with Gasteiger partial charge >= 0.3 is 15.8 Å². The molecule has 9 heteroatoms. The molecule has 2 rings (SSSR count). The number of carbonyl (C=O) groups excluding carboxylic acids is 1. The van der Waals surface area contributed by atoms with Gasteiger partial charge < -0.3 is 4.18 Å². The molecule has 0 heterocycles. The monoisotopic (exact) mass is 339 g/mol. The van der Waals surface area contributed by atoms with E-state index in [1.54, 1.807) is 0 Å². The summed E-state index contributed by atoms with van der Waals surface area (Å²) in [7, 11) is -4.41. The fourth-order valence-electron chi connectivity index (χ4n) is 1.73. The molecule has 0 aromatic heterocycles. The van der Waals surface area contributed by atoms with Crippen LogP contribution in [0.25, 0.3) is 0 Å². The zero-order valence-corrected chi connectivity index (χ0v) is 12.5. The van der Waals surface area contributed by atoms with Gasteiger partial charge in [-0.05, 0) is 25.1 Å². The van der Waals surface area contributed by atoms with E-state index in [9.17, 15) is 27.7 Å². The lowest BCUT2D eigenvalue weighted by Gasteiger charge is -2.08. The van der Waals surface area contributed by atoms with Crippen LogP contribution in [0.1, 0.15) is 17.3 Å². The van der Waals surface area contributed by atoms with E-state index < -0.39 is 32.3 Å². The van der Waals surface area contributed by atoms with Crippen molar-refractivity contribution in [2.24, 2.45) is 0 Å². The third kappa shape index (κ3) is 3.69. The fourth-order valence-corrected chi connectivity index (χ4v) is 2.66. The number of carbonyl (C=O) groups is 1. The van der Waals surface area contributed by atoms with E-state index in [-0.39, 0.29) is 10.7 Å². The lowest BCUT2D eigenvalue weighted by molar-refractivity contribution is -0.385. The molecule has 7 nitrogen and oxygen atoms in total. The lowest BCUT2D eigenvalue weighted by Crippen LogP contribution is -2.11. The number of benzene rings is 2. The van der Waals surface area contributed by atoms with Crippen LogP contribution in [0.3, 0.4) is 0 Å². The van der Waals surface area contributed by atoms with Crippen molar-refractivity contribution in [2.75, 3.05) is 0 Å². The average molecular weight is 339 g/mol. The molecule has 2 aromatic rings. The molecular formula is C14H10FNO6S. The largest absolute Gasteiger partial charge is 0.371 e. The zero-order valence-electron chi connectivity index (χ0n) is 11.7. The molecule has 0 aliphatic rings. The number of ketones is 1. The van der Waals surface area contributed by atoms with E-state index >= 15 is 0 Å². The van der Waals surface area contributed by atoms with Gasteiger partial charge in [0.25, 0.3) is 0 Å². The van der Waals surface area contributed by atoms with Crippen LogP contribution in [0.4, 0.5) is 10.1 Å². The van der Waals surface area contributed by atoms with Crippen LogP contribution in [0.5, 0.6) is 5.75 Å². The highest BCUT2D eigenvalue weighted by molar-refractivity contribution is 7.87. The van der Waals surface area contributed by atoms with Gasteiger partial charge in [0.1, 0.15) is 10.7 Å². The predicted octanol–water partition coefficient (Wildman–Crippen LogP) is 2.70. The summed E-state index contributed by atoms with van der Waals surface area (Å²) in [4.78, 5) is 20.8. The van der Waals surface area contributed by atoms with E-state index in [1.807, 2.05) is 0 Å². The molecule has 0 fully saturated rings. The van der Waals surface area contributed by atoms with Gasteiger partial charge in [-0.15, -0.1) is 0 Å². The van der Waals surface area contributed by atoms with E-state index in [2.05, 4.69) is 4.18 Å². The topological polar surface area (TPSA) is 104 Å². The maximum absolute atomic E-state index is 13.2. The highest BCUT2D eigenvalue weighted by atomic mass is 32.2. The van der Waals surface area contributed by atoms with Gasteiger partial charge in [0.15, 0.2) is 5.78 Å². The normalized spacial score (nSPS) is 11.0. The highest BCUT2D eigenvalue weighted by Crippen LogP contribution is 2.30. The lowest BCUT2D eigenvalue weighted by atomic mass is 10.2. The summed E-state index contributed by atoms with van der Waals surface area (Å²) in [5, 5.41) is 10.8. The van der Waals surface area contributed by atoms with Crippen molar-refractivity contribution in [3.63, 3.8) is 0 Å². The molecule has 0 amide bonds. The second-order valence-corrected chi connectivity index (χ2v) is 6.03. The van der Waals surface area contributed by atoms with Gasteiger partial charge in [0.05, 0.1) is 4.92 Å². The standard InChI is InChI=1S/C14H10FNO6S/c1-9(17)10-2-5-12(6-3-10)23(20,21)22-14-8-11(15)4-7-13(14)16(18)19/h2-8H,1H3. The van der Waals surface area contributed by atoms with Crippen LogP contribution < -0.4 is 4.18 Å². The molecule has 0 saturated carbocycles. The molecule has 0 aliphatic heterocycles. The maximum Gasteiger partial charge on any atom is 0.339 e. The minimum absolute atomic E-state index is 0.254. The number of rotatable bonds is 5. The van der Waals surface area contributed by atoms with Crippen LogP contribution in [-0.2, 0) is 10.1 Å². The Morgan fingerprint density at radius 3 is 2.30 bits per heavy atom. The predicted molar refractivity (Wildman–Crippen MR) is 77.3 cm³/mol. The average Bonchev–Trinajstić information content (AvgIpc) is 2.46. The molecule has 0 N–H and O–H groups in total. The Kier molecular flexibility index (Phi) is 4.41. The van der Waals surface area contributed by atoms with Crippen molar-refractivity contribution < 1.29 is 26.7 Å². The fraction of sp³-hybridized carbons (Fsp3) is 0.0714. The van der Waals surface area contributed by atoms with Gasteiger partial charge in [-0.25, -0.2) is 4.39 Å². The van der Waals surface area contributed by atoms with Crippen LogP contribution in [0, 0.1) is 15.9 Å². The Bertz CT molecular complexity index is 877. The molecule has 2 aromatic carbocycles. The first-order valence-electron chi connectivity index (χ1n) is 6.20. The molecule has 0 atom stereocenters. The number of nitrogens with zero attached hydrogens (tertiary/aromatic N) is 1. The van der Waals surface area contributed by atoms with Crippen LogP contribution in [0.15, 0.2) is 47.4 Å². The summed E-state index contributed by atoms with van der Waals surface area (Å²) in [6.07, 6.45) is 0. The first-order chi connectivity index (χ1) is 10.7. The third-order valence-corrected chi connectivity index (χ3v) is 4.12. The summed E-state index contributed by atoms with van der Waals surface area (Å²) in [6, 6.07) is 7.03. The molecule has 0 radical (unpaired) electrons. The number of nitro benzene ring substituents is 1. The number of Topliss-reactive ketones (excluding diaryl/α,β-unsaturated/α-hetero) is 1. The smallest absolute Gasteiger partial charge is 0.339 e. The molecule has 120 valence electrons. The first kappa shape index (κ1) is 16.6. The van der Waals surface area contributed by atoms with Gasteiger partial charge in [-0.2, -0.15) is 8.42 Å². The van der Waals surface area contributed by atoms with E-state index in [0.717, 1.165) is 24.3 Å². The summed E-state index contributed by atoms with van der Waals surface area (Å²) in [6.45, 7) is 1.32. The van der Waals surface area contributed by atoms with Crippen molar-refractivity contribution >= 4 is 21.6 Å². The van der Waals surface area contributed by atoms with E-state index in [0.29, 0.717) is 11.6 Å². The Morgan fingerprint density at radius 1 is 1.17 bits per heavy atom. The number of hydrogen-bond acceptors (Lipinski definition) is 6. The Morgan fingerprint density at radius 2 is 1.78 bits per heavy atom. The first-order valence-corrected chi connectivity index (χ1v) is 7.61. The van der Waals surface area contributed by atoms with Crippen LogP contribution >= 0.6 is 0 Å². The SMILES string of the molecule is CC(=O)c1ccc(S(=O)(=O)Oc2cc(F)ccc2[N+](=O)[O-])cc1. The number of halogens is 1. The van der Waals surface area contributed by atoms with Gasteiger partial charge in [-0.1, -0.05) is 12.1 Å². The summed E-state index contributed by atoms with van der Waals surface area (Å²) >= 11 is 0. The van der Waals surface area contributed by atoms with Crippen molar-refractivity contribution in [1.29, 1.82) is 0 Å². The van der Waals surface area contributed by atoms with Crippen molar-refractivity contribution in [2.45, 2.75) is 11.8 Å². The molecule has 0 spiro atoms. The molecule has 23 heavy (non-hydrogen) atoms. The van der Waals surface area contributed by atoms with Crippen molar-refractivity contribution in [3.8, 4) is 5.75 Å². The van der Waals surface area contributed by atoms with Gasteiger partial charge in [-0.3, -0.25) is 14.9 Å². The van der Waals surface area contributed by atoms with Crippen molar-refractivity contribution in [3.05, 3.63) is 64.0 Å². The quantitative estimate of drug-likeness (QED) is 0.359. The van der Waals surface area contributed by atoms with Crippen LogP contribution in [-0.4, -0.2) is 19.1 Å². The Labute approximate surface area is 130 Å². The maximum atomic E-state index is 13.2. The second kappa shape index (κ2) is 6.13. The molecule has 0 unspecified atom stereocenters. The summed E-state index contributed by atoms with van der Waals surface area (Å²) in [5.41, 5.74) is -0.393. The van der Waals surface area contributed by atoms with Gasteiger partial charge in [0.2, 0.25) is 5.75 Å². The number of nitro groups is 1. The third-order valence-electron chi connectivity index (χ3n) is 2.87. The molecule has 0 saturated heterocycles. The van der Waals surface area contributed by atoms with Crippen LogP contribution in [0.2, 0.25) is 0 Å². The second-order valence-electron chi connectivity index (χ2n) is 4.49. The van der Waals surface area contributed by atoms with E-state index in [4.69, 9.17) is 0 Å². The minimum atomic E-state index is -4.41. The minimum Gasteiger partial charge on any atom is -0.371 e. The molecule has 0 aliphatic carbocycles.